The Morgan fingerprint density at radius 1 is 0.985 bits per heavy atom. The van der Waals surface area contributed by atoms with Crippen LogP contribution in [0.5, 0.6) is 0 Å². The zero-order valence-electron chi connectivity index (χ0n) is 38.4. The minimum Gasteiger partial charge on any atom is -0.425 e. The molecule has 3 aromatic rings. The van der Waals surface area contributed by atoms with Crippen molar-refractivity contribution in [3.05, 3.63) is 101 Å². The van der Waals surface area contributed by atoms with Gasteiger partial charge in [-0.15, -0.1) is 11.8 Å². The Labute approximate surface area is 389 Å². The lowest BCUT2D eigenvalue weighted by molar-refractivity contribution is -0.172. The lowest BCUT2D eigenvalue weighted by Gasteiger charge is -2.40. The molecule has 0 bridgehead atoms. The summed E-state index contributed by atoms with van der Waals surface area (Å²) < 4.78 is 80.6. The molecule has 2 aliphatic rings. The molecule has 1 unspecified atom stereocenters. The normalized spacial score (nSPS) is 19.3. The van der Waals surface area contributed by atoms with Gasteiger partial charge in [-0.25, -0.2) is 27.6 Å². The van der Waals surface area contributed by atoms with Crippen molar-refractivity contribution >= 4 is 44.2 Å². The molecule has 66 heavy (non-hydrogen) atoms. The van der Waals surface area contributed by atoms with Crippen LogP contribution in [0.3, 0.4) is 0 Å². The van der Waals surface area contributed by atoms with E-state index in [1.165, 1.54) is 60.3 Å². The maximum Gasteiger partial charge on any atom is 0.512 e. The molecule has 3 atom stereocenters. The number of allylic oxidation sites excluding steroid dienone is 2. The van der Waals surface area contributed by atoms with E-state index in [4.69, 9.17) is 33.4 Å². The van der Waals surface area contributed by atoms with E-state index in [1.807, 2.05) is 6.07 Å². The summed E-state index contributed by atoms with van der Waals surface area (Å²) >= 11 is 1.25. The van der Waals surface area contributed by atoms with Crippen molar-refractivity contribution in [3.8, 4) is 6.07 Å². The van der Waals surface area contributed by atoms with Crippen molar-refractivity contribution in [1.29, 1.82) is 5.26 Å². The first-order valence-corrected chi connectivity index (χ1v) is 25.6. The van der Waals surface area contributed by atoms with Crippen LogP contribution in [0, 0.1) is 28.8 Å². The molecule has 0 saturated carbocycles. The van der Waals surface area contributed by atoms with Crippen LogP contribution < -0.4 is 0 Å². The maximum absolute atomic E-state index is 15.9. The van der Waals surface area contributed by atoms with Gasteiger partial charge in [-0.1, -0.05) is 45.1 Å². The molecule has 0 spiro atoms. The summed E-state index contributed by atoms with van der Waals surface area (Å²) in [7, 11) is -1.85. The van der Waals surface area contributed by atoms with Crippen molar-refractivity contribution in [3.63, 3.8) is 0 Å². The smallest absolute Gasteiger partial charge is 0.425 e. The first-order valence-electron chi connectivity index (χ1n) is 21.7. The van der Waals surface area contributed by atoms with E-state index in [2.05, 4.69) is 48.8 Å². The minimum absolute atomic E-state index is 0.103. The van der Waals surface area contributed by atoms with Gasteiger partial charge in [0.05, 0.1) is 43.1 Å². The van der Waals surface area contributed by atoms with Gasteiger partial charge < -0.3 is 33.0 Å². The van der Waals surface area contributed by atoms with E-state index in [0.717, 1.165) is 18.7 Å². The molecule has 1 aromatic heterocycles. The van der Waals surface area contributed by atoms with Gasteiger partial charge in [0.25, 0.3) is 0 Å². The molecule has 0 radical (unpaired) electrons. The monoisotopic (exact) mass is 956 g/mol. The average molecular weight is 957 g/mol. The third-order valence-corrected chi connectivity index (χ3v) is 17.7. The highest BCUT2D eigenvalue weighted by atomic mass is 32.2. The predicted octanol–water partition coefficient (Wildman–Crippen LogP) is 7.58. The number of nitriles is 1. The molecule has 2 fully saturated rings. The van der Waals surface area contributed by atoms with Crippen LogP contribution in [0.25, 0.3) is 6.08 Å². The van der Waals surface area contributed by atoms with Crippen LogP contribution in [-0.2, 0) is 49.8 Å². The molecule has 2 aliphatic heterocycles. The van der Waals surface area contributed by atoms with E-state index < -0.39 is 61.3 Å². The fourth-order valence-corrected chi connectivity index (χ4v) is 9.33. The molecule has 1 amide bonds. The number of nitrogens with zero attached hydrogens (tertiary/aromatic N) is 6. The summed E-state index contributed by atoms with van der Waals surface area (Å²) in [6.07, 6.45) is 5.09. The van der Waals surface area contributed by atoms with E-state index in [9.17, 15) is 23.2 Å². The molecule has 2 saturated heterocycles. The molecule has 358 valence electrons. The van der Waals surface area contributed by atoms with Gasteiger partial charge in [0.15, 0.2) is 20.2 Å². The Hall–Kier alpha value is -5.04. The third kappa shape index (κ3) is 14.7. The molecule has 0 aliphatic carbocycles. The predicted molar refractivity (Wildman–Crippen MR) is 242 cm³/mol. The SMILES string of the molecule is CC(OC(=O)CCC(=O)N1CCN(CCO[Si](C)(C)C(C)(C)C)CC1)OC(=O)O[C@@](Cn1cncn1)(c1ccc(F)cc1F)[C@@H](C)SC1COC(/C=C/C=C/c2ccc(C#N)cc2F)OC1. The highest BCUT2D eigenvalue weighted by molar-refractivity contribution is 8.00. The van der Waals surface area contributed by atoms with Crippen molar-refractivity contribution in [1.82, 2.24) is 24.6 Å². The van der Waals surface area contributed by atoms with Crippen LogP contribution in [-0.4, -0.2) is 127 Å². The van der Waals surface area contributed by atoms with E-state index >= 15 is 4.39 Å². The highest BCUT2D eigenvalue weighted by Gasteiger charge is 2.47. The Morgan fingerprint density at radius 3 is 2.35 bits per heavy atom. The number of amides is 1. The quantitative estimate of drug-likeness (QED) is 0.0499. The Kier molecular flexibility index (Phi) is 18.6. The molecule has 15 nitrogen and oxygen atoms in total. The number of halogens is 3. The highest BCUT2D eigenvalue weighted by Crippen LogP contribution is 2.42. The summed E-state index contributed by atoms with van der Waals surface area (Å²) in [6, 6.07) is 8.92. The standard InChI is InChI=1S/C46H59F3N6O9SSi/c1-32(65-37-27-59-43(60-28-37)11-9-8-10-35-13-12-34(26-50)24-39(35)48)46(29-55-31-51-30-52-55,38-15-14-36(47)25-40(38)49)64-44(58)63-33(2)62-42(57)17-16-41(56)54-20-18-53(19-21-54)22-23-61-66(6,7)45(3,4)5/h8-15,24-25,30-33,37,43H,16-23,27-29H2,1-7H3/b10-8+,11-9+/t32-,33?,37?,43?,46-/m1/s1. The van der Waals surface area contributed by atoms with Gasteiger partial charge in [-0.2, -0.15) is 10.4 Å². The maximum atomic E-state index is 15.9. The van der Waals surface area contributed by atoms with Crippen LogP contribution in [0.15, 0.2) is 67.3 Å². The van der Waals surface area contributed by atoms with Gasteiger partial charge in [-0.3, -0.25) is 14.5 Å². The van der Waals surface area contributed by atoms with E-state index in [-0.39, 0.29) is 59.9 Å². The molecular formula is C46H59F3N6O9SSi. The molecule has 2 aromatic carbocycles. The zero-order chi connectivity index (χ0) is 48.1. The number of ether oxygens (including phenoxy) is 5. The fraction of sp³-hybridized carbons (Fsp3) is 0.522. The Morgan fingerprint density at radius 2 is 1.71 bits per heavy atom. The molecular weight excluding hydrogens is 898 g/mol. The second kappa shape index (κ2) is 23.6. The number of rotatable bonds is 19. The van der Waals surface area contributed by atoms with E-state index in [0.29, 0.717) is 44.4 Å². The first-order chi connectivity index (χ1) is 31.3. The average Bonchev–Trinajstić information content (AvgIpc) is 3.77. The van der Waals surface area contributed by atoms with Crippen LogP contribution >= 0.6 is 11.8 Å². The van der Waals surface area contributed by atoms with E-state index in [1.54, 1.807) is 30.1 Å². The second-order valence-corrected chi connectivity index (χ2v) is 23.9. The zero-order valence-corrected chi connectivity index (χ0v) is 40.2. The lowest BCUT2D eigenvalue weighted by Crippen LogP contribution is -2.50. The first kappa shape index (κ1) is 51.9. The van der Waals surface area contributed by atoms with Crippen molar-refractivity contribution < 1.29 is 55.7 Å². The summed E-state index contributed by atoms with van der Waals surface area (Å²) in [5, 5.41) is 12.1. The fourth-order valence-electron chi connectivity index (χ4n) is 6.94. The molecule has 5 rings (SSSR count). The van der Waals surface area contributed by atoms with Gasteiger partial charge in [0.1, 0.15) is 30.1 Å². The number of aromatic nitrogens is 3. The van der Waals surface area contributed by atoms with Gasteiger partial charge in [-0.05, 0) is 55.4 Å². The largest absolute Gasteiger partial charge is 0.512 e. The van der Waals surface area contributed by atoms with Crippen molar-refractivity contribution in [2.45, 2.75) is 101 Å². The van der Waals surface area contributed by atoms with Crippen LogP contribution in [0.2, 0.25) is 18.1 Å². The van der Waals surface area contributed by atoms with Crippen molar-refractivity contribution in [2.75, 3.05) is 52.5 Å². The van der Waals surface area contributed by atoms with Crippen molar-refractivity contribution in [2.24, 2.45) is 0 Å². The number of thioether (sulfide) groups is 1. The number of esters is 1. The number of carbonyl (C=O) groups excluding carboxylic acids is 3. The third-order valence-electron chi connectivity index (χ3n) is 11.8. The van der Waals surface area contributed by atoms with Gasteiger partial charge in [0.2, 0.25) is 12.2 Å². The number of benzene rings is 2. The minimum atomic E-state index is -1.92. The van der Waals surface area contributed by atoms with Crippen LogP contribution in [0.4, 0.5) is 18.0 Å². The molecule has 20 heteroatoms. The molecule has 3 heterocycles. The van der Waals surface area contributed by atoms with Gasteiger partial charge >= 0.3 is 12.1 Å². The summed E-state index contributed by atoms with van der Waals surface area (Å²) in [5.74, 6) is -3.38. The number of carbonyl (C=O) groups is 3. The Balaban J connectivity index is 1.16. The Bertz CT molecular complexity index is 2210. The van der Waals surface area contributed by atoms with Crippen LogP contribution in [0.1, 0.15) is 64.2 Å². The summed E-state index contributed by atoms with van der Waals surface area (Å²) in [5.41, 5.74) is -1.60. The molecule has 0 N–H and O–H groups in total. The number of hydrogen-bond donors (Lipinski definition) is 0. The number of hydrogen-bond acceptors (Lipinski definition) is 14. The second-order valence-electron chi connectivity index (χ2n) is 17.5. The van der Waals surface area contributed by atoms with Gasteiger partial charge in [0, 0.05) is 75.1 Å². The number of piperazine rings is 1. The summed E-state index contributed by atoms with van der Waals surface area (Å²) in [4.78, 5) is 47.4. The topological polar surface area (TPSA) is 168 Å². The summed E-state index contributed by atoms with van der Waals surface area (Å²) in [6.45, 7) is 17.9. The lowest BCUT2D eigenvalue weighted by atomic mass is 9.89.